The zero-order valence-corrected chi connectivity index (χ0v) is 11.3. The smallest absolute Gasteiger partial charge is 0.311 e. The Labute approximate surface area is 111 Å². The standard InChI is InChI=1S/C13H18N2O4/c1-4-5-9(2)14-13(16)10-6-7-12(19-3)11(8-10)15(17)18/h6-9H,4-5H2,1-3H3,(H,14,16)/t9-/m0/s1. The molecule has 0 aliphatic rings. The molecule has 1 aromatic rings. The fourth-order valence-corrected chi connectivity index (χ4v) is 1.79. The van der Waals surface area contributed by atoms with Gasteiger partial charge in [-0.3, -0.25) is 14.9 Å². The summed E-state index contributed by atoms with van der Waals surface area (Å²) in [5.41, 5.74) is 0.0498. The van der Waals surface area contributed by atoms with Crippen LogP contribution in [0.2, 0.25) is 0 Å². The van der Waals surface area contributed by atoms with Gasteiger partial charge >= 0.3 is 5.69 Å². The van der Waals surface area contributed by atoms with Crippen molar-refractivity contribution >= 4 is 11.6 Å². The Balaban J connectivity index is 2.92. The summed E-state index contributed by atoms with van der Waals surface area (Å²) in [4.78, 5) is 22.2. The van der Waals surface area contributed by atoms with Crippen LogP contribution >= 0.6 is 0 Å². The van der Waals surface area contributed by atoms with Crippen LogP contribution in [0.1, 0.15) is 37.0 Å². The van der Waals surface area contributed by atoms with Crippen molar-refractivity contribution in [3.63, 3.8) is 0 Å². The molecule has 0 spiro atoms. The SMILES string of the molecule is CCC[C@H](C)NC(=O)c1ccc(OC)c([N+](=O)[O-])c1. The van der Waals surface area contributed by atoms with Gasteiger partial charge in [-0.1, -0.05) is 13.3 Å². The van der Waals surface area contributed by atoms with Crippen LogP contribution in [-0.4, -0.2) is 24.0 Å². The Morgan fingerprint density at radius 2 is 2.21 bits per heavy atom. The fraction of sp³-hybridized carbons (Fsp3) is 0.462. The Morgan fingerprint density at radius 1 is 1.53 bits per heavy atom. The molecule has 1 rings (SSSR count). The molecule has 6 nitrogen and oxygen atoms in total. The van der Waals surface area contributed by atoms with Gasteiger partial charge in [0.15, 0.2) is 5.75 Å². The molecule has 1 aromatic carbocycles. The number of nitro groups is 1. The Bertz CT molecular complexity index is 474. The van der Waals surface area contributed by atoms with E-state index in [4.69, 9.17) is 4.74 Å². The molecule has 6 heteroatoms. The lowest BCUT2D eigenvalue weighted by atomic mass is 10.1. The van der Waals surface area contributed by atoms with Gasteiger partial charge in [-0.15, -0.1) is 0 Å². The van der Waals surface area contributed by atoms with Gasteiger partial charge in [0, 0.05) is 17.7 Å². The second kappa shape index (κ2) is 6.72. The predicted molar refractivity (Wildman–Crippen MR) is 71.5 cm³/mol. The molecule has 0 aliphatic heterocycles. The third-order valence-electron chi connectivity index (χ3n) is 2.74. The first-order valence-corrected chi connectivity index (χ1v) is 6.12. The second-order valence-electron chi connectivity index (χ2n) is 4.31. The number of benzene rings is 1. The number of methoxy groups -OCH3 is 1. The van der Waals surface area contributed by atoms with E-state index in [1.54, 1.807) is 0 Å². The van der Waals surface area contributed by atoms with Crippen LogP contribution in [0.15, 0.2) is 18.2 Å². The lowest BCUT2D eigenvalue weighted by Gasteiger charge is -2.12. The number of nitrogens with zero attached hydrogens (tertiary/aromatic N) is 1. The molecule has 0 heterocycles. The third kappa shape index (κ3) is 3.94. The summed E-state index contributed by atoms with van der Waals surface area (Å²) < 4.78 is 4.89. The van der Waals surface area contributed by atoms with Crippen molar-refractivity contribution in [1.82, 2.24) is 5.32 Å². The largest absolute Gasteiger partial charge is 0.490 e. The molecule has 0 saturated heterocycles. The summed E-state index contributed by atoms with van der Waals surface area (Å²) in [6.45, 7) is 3.93. The quantitative estimate of drug-likeness (QED) is 0.633. The lowest BCUT2D eigenvalue weighted by Crippen LogP contribution is -2.32. The van der Waals surface area contributed by atoms with Crippen molar-refractivity contribution in [3.05, 3.63) is 33.9 Å². The van der Waals surface area contributed by atoms with Crippen molar-refractivity contribution in [2.24, 2.45) is 0 Å². The predicted octanol–water partition coefficient (Wildman–Crippen LogP) is 2.52. The van der Waals surface area contributed by atoms with Gasteiger partial charge in [-0.2, -0.15) is 0 Å². The highest BCUT2D eigenvalue weighted by atomic mass is 16.6. The average Bonchev–Trinajstić information content (AvgIpc) is 2.37. The number of hydrogen-bond acceptors (Lipinski definition) is 4. The van der Waals surface area contributed by atoms with E-state index in [2.05, 4.69) is 5.32 Å². The Hall–Kier alpha value is -2.11. The van der Waals surface area contributed by atoms with Crippen LogP contribution in [0.25, 0.3) is 0 Å². The first-order chi connectivity index (χ1) is 8.99. The summed E-state index contributed by atoms with van der Waals surface area (Å²) in [6.07, 6.45) is 1.83. The highest BCUT2D eigenvalue weighted by Gasteiger charge is 2.18. The molecular weight excluding hydrogens is 248 g/mol. The summed E-state index contributed by atoms with van der Waals surface area (Å²) in [7, 11) is 1.35. The van der Waals surface area contributed by atoms with Crippen molar-refractivity contribution in [1.29, 1.82) is 0 Å². The molecule has 0 radical (unpaired) electrons. The number of carbonyl (C=O) groups is 1. The van der Waals surface area contributed by atoms with Gasteiger partial charge in [-0.05, 0) is 25.5 Å². The number of nitro benzene ring substituents is 1. The minimum Gasteiger partial charge on any atom is -0.490 e. The summed E-state index contributed by atoms with van der Waals surface area (Å²) in [6, 6.07) is 4.21. The number of carbonyl (C=O) groups excluding carboxylic acids is 1. The fourth-order valence-electron chi connectivity index (χ4n) is 1.79. The van der Waals surface area contributed by atoms with Crippen molar-refractivity contribution < 1.29 is 14.5 Å². The molecule has 0 bridgehead atoms. The molecule has 0 aromatic heterocycles. The summed E-state index contributed by atoms with van der Waals surface area (Å²) in [5.74, 6) is -0.171. The van der Waals surface area contributed by atoms with Gasteiger partial charge in [0.1, 0.15) is 0 Å². The molecule has 0 fully saturated rings. The van der Waals surface area contributed by atoms with Gasteiger partial charge in [0.2, 0.25) is 0 Å². The van der Waals surface area contributed by atoms with Crippen LogP contribution in [0, 0.1) is 10.1 Å². The number of amides is 1. The molecule has 0 saturated carbocycles. The van der Waals surface area contributed by atoms with Gasteiger partial charge < -0.3 is 10.1 Å². The maximum absolute atomic E-state index is 11.9. The highest BCUT2D eigenvalue weighted by molar-refractivity contribution is 5.95. The first-order valence-electron chi connectivity index (χ1n) is 6.12. The van der Waals surface area contributed by atoms with Gasteiger partial charge in [0.25, 0.3) is 5.91 Å². The van der Waals surface area contributed by atoms with Crippen molar-refractivity contribution in [2.45, 2.75) is 32.7 Å². The summed E-state index contributed by atoms with van der Waals surface area (Å²) >= 11 is 0. The van der Waals surface area contributed by atoms with E-state index in [0.29, 0.717) is 0 Å². The first kappa shape index (κ1) is 14.9. The van der Waals surface area contributed by atoms with Gasteiger partial charge in [0.05, 0.1) is 12.0 Å². The number of rotatable bonds is 6. The van der Waals surface area contributed by atoms with E-state index < -0.39 is 4.92 Å². The molecule has 0 unspecified atom stereocenters. The number of ether oxygens (including phenoxy) is 1. The lowest BCUT2D eigenvalue weighted by molar-refractivity contribution is -0.385. The molecular formula is C13H18N2O4. The minimum atomic E-state index is -0.564. The normalized spacial score (nSPS) is 11.7. The van der Waals surface area contributed by atoms with E-state index in [1.165, 1.54) is 25.3 Å². The van der Waals surface area contributed by atoms with E-state index in [9.17, 15) is 14.9 Å². The van der Waals surface area contributed by atoms with Crippen LogP contribution in [0.3, 0.4) is 0 Å². The molecule has 0 aliphatic carbocycles. The molecule has 104 valence electrons. The monoisotopic (exact) mass is 266 g/mol. The van der Waals surface area contributed by atoms with Crippen LogP contribution in [0.5, 0.6) is 5.75 Å². The third-order valence-corrected chi connectivity index (χ3v) is 2.74. The topological polar surface area (TPSA) is 81.5 Å². The molecule has 1 amide bonds. The van der Waals surface area contributed by atoms with Gasteiger partial charge in [-0.25, -0.2) is 0 Å². The van der Waals surface area contributed by atoms with E-state index in [0.717, 1.165) is 12.8 Å². The van der Waals surface area contributed by atoms with E-state index >= 15 is 0 Å². The van der Waals surface area contributed by atoms with E-state index in [-0.39, 0.29) is 28.9 Å². The Kier molecular flexibility index (Phi) is 5.29. The highest BCUT2D eigenvalue weighted by Crippen LogP contribution is 2.27. The molecule has 1 N–H and O–H groups in total. The zero-order valence-electron chi connectivity index (χ0n) is 11.3. The number of hydrogen-bond donors (Lipinski definition) is 1. The maximum atomic E-state index is 11.9. The van der Waals surface area contributed by atoms with Crippen LogP contribution < -0.4 is 10.1 Å². The van der Waals surface area contributed by atoms with Crippen LogP contribution in [-0.2, 0) is 0 Å². The van der Waals surface area contributed by atoms with Crippen molar-refractivity contribution in [2.75, 3.05) is 7.11 Å². The molecule has 1 atom stereocenters. The Morgan fingerprint density at radius 3 is 2.74 bits per heavy atom. The second-order valence-corrected chi connectivity index (χ2v) is 4.31. The average molecular weight is 266 g/mol. The number of nitrogens with one attached hydrogen (secondary N) is 1. The van der Waals surface area contributed by atoms with Crippen LogP contribution in [0.4, 0.5) is 5.69 Å². The van der Waals surface area contributed by atoms with Crippen molar-refractivity contribution in [3.8, 4) is 5.75 Å². The summed E-state index contributed by atoms with van der Waals surface area (Å²) in [5, 5.41) is 13.7. The minimum absolute atomic E-state index is 0.0404. The molecule has 19 heavy (non-hydrogen) atoms. The van der Waals surface area contributed by atoms with E-state index in [1.807, 2.05) is 13.8 Å². The maximum Gasteiger partial charge on any atom is 0.311 e. The zero-order chi connectivity index (χ0) is 14.4.